The van der Waals surface area contributed by atoms with Crippen LogP contribution in [0, 0.1) is 6.92 Å². The Morgan fingerprint density at radius 2 is 2.21 bits per heavy atom. The molecule has 2 N–H and O–H groups in total. The van der Waals surface area contributed by atoms with Gasteiger partial charge >= 0.3 is 0 Å². The molecule has 1 unspecified atom stereocenters. The molecule has 0 radical (unpaired) electrons. The number of phenolic OH excluding ortho intramolecular Hbond substituents is 1. The number of hydrogen-bond donors (Lipinski definition) is 2. The number of phenols is 1. The molecule has 1 atom stereocenters. The number of rotatable bonds is 4. The summed E-state index contributed by atoms with van der Waals surface area (Å²) >= 11 is 1.69. The van der Waals surface area contributed by atoms with Crippen LogP contribution in [-0.2, 0) is 6.42 Å². The molecule has 0 aliphatic heterocycles. The summed E-state index contributed by atoms with van der Waals surface area (Å²) in [6.07, 6.45) is 0.821. The Morgan fingerprint density at radius 1 is 1.42 bits per heavy atom. The molecule has 0 saturated carbocycles. The lowest BCUT2D eigenvalue weighted by Gasteiger charge is -2.13. The van der Waals surface area contributed by atoms with Crippen LogP contribution in [0.25, 0.3) is 0 Å². The van der Waals surface area contributed by atoms with Gasteiger partial charge in [-0.1, -0.05) is 12.1 Å². The van der Waals surface area contributed by atoms with Crippen LogP contribution in [0.5, 0.6) is 5.75 Å². The van der Waals surface area contributed by atoms with Crippen molar-refractivity contribution in [1.82, 2.24) is 5.32 Å². The second-order valence-electron chi connectivity index (χ2n) is 4.66. The van der Waals surface area contributed by atoms with E-state index in [4.69, 9.17) is 0 Å². The first-order chi connectivity index (χ1) is 9.06. The van der Waals surface area contributed by atoms with Crippen LogP contribution in [0.1, 0.15) is 27.7 Å². The van der Waals surface area contributed by atoms with Gasteiger partial charge in [0, 0.05) is 22.9 Å². The average Bonchev–Trinajstić information content (AvgIpc) is 2.85. The van der Waals surface area contributed by atoms with E-state index in [2.05, 4.69) is 11.4 Å². The van der Waals surface area contributed by atoms with Crippen molar-refractivity contribution < 1.29 is 9.90 Å². The standard InChI is InChI=1S/C15H17NO2S/c1-10-5-6-12(9-14(10)17)15(18)16-11(2)8-13-4-3-7-19-13/h3-7,9,11,17H,8H2,1-2H3,(H,16,18). The third kappa shape index (κ3) is 3.58. The smallest absolute Gasteiger partial charge is 0.251 e. The largest absolute Gasteiger partial charge is 0.508 e. The summed E-state index contributed by atoms with van der Waals surface area (Å²) in [5.41, 5.74) is 1.25. The minimum atomic E-state index is -0.153. The maximum Gasteiger partial charge on any atom is 0.251 e. The molecule has 1 aromatic heterocycles. The van der Waals surface area contributed by atoms with Crippen LogP contribution >= 0.6 is 11.3 Å². The minimum Gasteiger partial charge on any atom is -0.508 e. The normalized spacial score (nSPS) is 12.1. The van der Waals surface area contributed by atoms with E-state index in [9.17, 15) is 9.90 Å². The maximum atomic E-state index is 12.0. The van der Waals surface area contributed by atoms with Crippen molar-refractivity contribution in [1.29, 1.82) is 0 Å². The molecule has 0 fully saturated rings. The lowest BCUT2D eigenvalue weighted by molar-refractivity contribution is 0.0940. The van der Waals surface area contributed by atoms with Crippen LogP contribution in [-0.4, -0.2) is 17.1 Å². The van der Waals surface area contributed by atoms with E-state index in [0.717, 1.165) is 12.0 Å². The predicted molar refractivity (Wildman–Crippen MR) is 77.8 cm³/mol. The molecule has 0 aliphatic rings. The van der Waals surface area contributed by atoms with Gasteiger partial charge in [-0.2, -0.15) is 0 Å². The fourth-order valence-corrected chi connectivity index (χ4v) is 2.67. The molecule has 0 saturated heterocycles. The first-order valence-electron chi connectivity index (χ1n) is 6.19. The fraction of sp³-hybridized carbons (Fsp3) is 0.267. The Morgan fingerprint density at radius 3 is 2.84 bits per heavy atom. The van der Waals surface area contributed by atoms with Gasteiger partial charge in [-0.05, 0) is 43.0 Å². The van der Waals surface area contributed by atoms with Crippen LogP contribution in [0.3, 0.4) is 0 Å². The topological polar surface area (TPSA) is 49.3 Å². The van der Waals surface area contributed by atoms with Gasteiger partial charge in [-0.25, -0.2) is 0 Å². The average molecular weight is 275 g/mol. The highest BCUT2D eigenvalue weighted by Gasteiger charge is 2.11. The van der Waals surface area contributed by atoms with Crippen molar-refractivity contribution in [3.8, 4) is 5.75 Å². The second kappa shape index (κ2) is 5.89. The van der Waals surface area contributed by atoms with Gasteiger partial charge in [0.2, 0.25) is 0 Å². The number of carbonyl (C=O) groups is 1. The number of nitrogens with one attached hydrogen (secondary N) is 1. The van der Waals surface area contributed by atoms with Crippen LogP contribution in [0.2, 0.25) is 0 Å². The van der Waals surface area contributed by atoms with Gasteiger partial charge in [0.05, 0.1) is 0 Å². The van der Waals surface area contributed by atoms with Gasteiger partial charge in [-0.15, -0.1) is 11.3 Å². The van der Waals surface area contributed by atoms with E-state index in [-0.39, 0.29) is 17.7 Å². The summed E-state index contributed by atoms with van der Waals surface area (Å²) in [5, 5.41) is 14.6. The Labute approximate surface area is 116 Å². The molecule has 3 nitrogen and oxygen atoms in total. The van der Waals surface area contributed by atoms with E-state index >= 15 is 0 Å². The van der Waals surface area contributed by atoms with Crippen molar-refractivity contribution in [2.75, 3.05) is 0 Å². The lowest BCUT2D eigenvalue weighted by Crippen LogP contribution is -2.33. The van der Waals surface area contributed by atoms with Gasteiger partial charge in [0.25, 0.3) is 5.91 Å². The summed E-state index contributed by atoms with van der Waals surface area (Å²) in [5.74, 6) is -0.00193. The number of aromatic hydroxyl groups is 1. The Bertz CT molecular complexity index is 564. The molecule has 100 valence electrons. The number of hydrogen-bond acceptors (Lipinski definition) is 3. The maximum absolute atomic E-state index is 12.0. The summed E-state index contributed by atoms with van der Waals surface area (Å²) in [4.78, 5) is 13.3. The van der Waals surface area contributed by atoms with Crippen molar-refractivity contribution in [3.63, 3.8) is 0 Å². The number of carbonyl (C=O) groups excluding carboxylic acids is 1. The molecule has 19 heavy (non-hydrogen) atoms. The van der Waals surface area contributed by atoms with E-state index in [0.29, 0.717) is 5.56 Å². The first kappa shape index (κ1) is 13.6. The third-order valence-electron chi connectivity index (χ3n) is 2.94. The molecule has 1 amide bonds. The molecular formula is C15H17NO2S. The highest BCUT2D eigenvalue weighted by Crippen LogP contribution is 2.17. The van der Waals surface area contributed by atoms with Gasteiger partial charge < -0.3 is 10.4 Å². The van der Waals surface area contributed by atoms with Crippen LogP contribution < -0.4 is 5.32 Å². The molecular weight excluding hydrogens is 258 g/mol. The molecule has 4 heteroatoms. The van der Waals surface area contributed by atoms with E-state index < -0.39 is 0 Å². The van der Waals surface area contributed by atoms with Crippen molar-refractivity contribution in [2.24, 2.45) is 0 Å². The summed E-state index contributed by atoms with van der Waals surface area (Å²) in [6.45, 7) is 3.78. The van der Waals surface area contributed by atoms with Crippen molar-refractivity contribution in [3.05, 3.63) is 51.7 Å². The van der Waals surface area contributed by atoms with Gasteiger partial charge in [0.1, 0.15) is 5.75 Å². The van der Waals surface area contributed by atoms with E-state index in [1.54, 1.807) is 30.4 Å². The van der Waals surface area contributed by atoms with Gasteiger partial charge in [-0.3, -0.25) is 4.79 Å². The Kier molecular flexibility index (Phi) is 4.22. The number of benzene rings is 1. The van der Waals surface area contributed by atoms with Crippen molar-refractivity contribution >= 4 is 17.2 Å². The highest BCUT2D eigenvalue weighted by atomic mass is 32.1. The molecule has 0 aliphatic carbocycles. The van der Waals surface area contributed by atoms with E-state index in [1.165, 1.54) is 10.9 Å². The second-order valence-corrected chi connectivity index (χ2v) is 5.69. The summed E-state index contributed by atoms with van der Waals surface area (Å²) in [7, 11) is 0. The first-order valence-corrected chi connectivity index (χ1v) is 7.07. The monoisotopic (exact) mass is 275 g/mol. The minimum absolute atomic E-state index is 0.0644. The number of thiophene rings is 1. The zero-order valence-corrected chi connectivity index (χ0v) is 11.8. The summed E-state index contributed by atoms with van der Waals surface area (Å²) < 4.78 is 0. The van der Waals surface area contributed by atoms with Crippen LogP contribution in [0.15, 0.2) is 35.7 Å². The quantitative estimate of drug-likeness (QED) is 0.900. The number of amides is 1. The SMILES string of the molecule is Cc1ccc(C(=O)NC(C)Cc2cccs2)cc1O. The Hall–Kier alpha value is -1.81. The number of aryl methyl sites for hydroxylation is 1. The molecule has 1 aromatic carbocycles. The van der Waals surface area contributed by atoms with Crippen molar-refractivity contribution in [2.45, 2.75) is 26.3 Å². The molecule has 1 heterocycles. The van der Waals surface area contributed by atoms with Gasteiger partial charge in [0.15, 0.2) is 0 Å². The highest BCUT2D eigenvalue weighted by molar-refractivity contribution is 7.09. The zero-order valence-electron chi connectivity index (χ0n) is 11.0. The Balaban J connectivity index is 1.98. The summed E-state index contributed by atoms with van der Waals surface area (Å²) in [6, 6.07) is 9.10. The van der Waals surface area contributed by atoms with Crippen LogP contribution in [0.4, 0.5) is 0 Å². The fourth-order valence-electron chi connectivity index (χ4n) is 1.84. The zero-order chi connectivity index (χ0) is 13.8. The predicted octanol–water partition coefficient (Wildman–Crippen LogP) is 3.12. The lowest BCUT2D eigenvalue weighted by atomic mass is 10.1. The van der Waals surface area contributed by atoms with E-state index in [1.807, 2.05) is 18.4 Å². The molecule has 0 bridgehead atoms. The molecule has 2 aromatic rings. The molecule has 2 rings (SSSR count). The third-order valence-corrected chi connectivity index (χ3v) is 3.84. The molecule has 0 spiro atoms.